The van der Waals surface area contributed by atoms with Gasteiger partial charge in [-0.3, -0.25) is 0 Å². The normalized spacial score (nSPS) is 28.5. The van der Waals surface area contributed by atoms with Gasteiger partial charge in [-0.1, -0.05) is 0 Å². The summed E-state index contributed by atoms with van der Waals surface area (Å²) < 4.78 is 0. The predicted molar refractivity (Wildman–Crippen MR) is 49.0 cm³/mol. The Kier molecular flexibility index (Phi) is 2.13. The first-order valence-electron chi connectivity index (χ1n) is 5.11. The van der Waals surface area contributed by atoms with Crippen LogP contribution in [-0.4, -0.2) is 35.7 Å². The number of aliphatic hydroxyl groups excluding tert-OH is 1. The maximum absolute atomic E-state index is 9.05. The van der Waals surface area contributed by atoms with Crippen LogP contribution in [0.15, 0.2) is 0 Å². The second-order valence-electron chi connectivity index (χ2n) is 4.70. The minimum absolute atomic E-state index is 0.110. The number of rotatable bonds is 4. The molecule has 1 saturated heterocycles. The predicted octanol–water partition coefficient (Wildman–Crippen LogP) is 1.24. The number of aliphatic hydroxyl groups is 1. The van der Waals surface area contributed by atoms with Crippen LogP contribution in [-0.2, 0) is 0 Å². The molecule has 0 radical (unpaired) electrons. The van der Waals surface area contributed by atoms with E-state index in [2.05, 4.69) is 4.90 Å². The third-order valence-corrected chi connectivity index (χ3v) is 3.17. The van der Waals surface area contributed by atoms with Crippen LogP contribution in [0.3, 0.4) is 0 Å². The summed E-state index contributed by atoms with van der Waals surface area (Å²) in [7, 11) is 0. The summed E-state index contributed by atoms with van der Waals surface area (Å²) in [6.07, 6.45) is 4.96. The lowest BCUT2D eigenvalue weighted by molar-refractivity contribution is 0.0743. The van der Waals surface area contributed by atoms with Gasteiger partial charge < -0.3 is 10.0 Å². The van der Waals surface area contributed by atoms with Crippen molar-refractivity contribution in [2.24, 2.45) is 5.41 Å². The molecule has 0 aromatic rings. The highest BCUT2D eigenvalue weighted by atomic mass is 16.3. The van der Waals surface area contributed by atoms with Gasteiger partial charge in [0.15, 0.2) is 0 Å². The van der Waals surface area contributed by atoms with Crippen molar-refractivity contribution in [3.05, 3.63) is 0 Å². The van der Waals surface area contributed by atoms with Crippen LogP contribution >= 0.6 is 0 Å². The summed E-state index contributed by atoms with van der Waals surface area (Å²) in [5.74, 6) is 0. The van der Waals surface area contributed by atoms with E-state index in [0.717, 1.165) is 18.3 Å². The van der Waals surface area contributed by atoms with Crippen molar-refractivity contribution in [1.82, 2.24) is 4.90 Å². The van der Waals surface area contributed by atoms with Crippen LogP contribution in [0.4, 0.5) is 0 Å². The molecule has 0 bridgehead atoms. The van der Waals surface area contributed by atoms with Crippen LogP contribution in [0.1, 0.15) is 32.6 Å². The third kappa shape index (κ3) is 1.80. The van der Waals surface area contributed by atoms with Gasteiger partial charge in [-0.2, -0.15) is 0 Å². The molecule has 0 aromatic heterocycles. The first-order chi connectivity index (χ1) is 5.70. The highest BCUT2D eigenvalue weighted by Gasteiger charge is 2.51. The van der Waals surface area contributed by atoms with E-state index in [1.54, 1.807) is 0 Å². The molecule has 2 aliphatic rings. The number of hydrogen-bond donors (Lipinski definition) is 1. The quantitative estimate of drug-likeness (QED) is 0.684. The molecule has 1 heterocycles. The van der Waals surface area contributed by atoms with E-state index >= 15 is 0 Å². The maximum atomic E-state index is 9.05. The van der Waals surface area contributed by atoms with Gasteiger partial charge in [0.05, 0.1) is 6.10 Å². The summed E-state index contributed by atoms with van der Waals surface area (Å²) in [6, 6.07) is 0. The summed E-state index contributed by atoms with van der Waals surface area (Å²) in [5.41, 5.74) is 0.796. The van der Waals surface area contributed by atoms with Gasteiger partial charge in [-0.15, -0.1) is 0 Å². The zero-order valence-corrected chi connectivity index (χ0v) is 7.92. The fourth-order valence-electron chi connectivity index (χ4n) is 2.16. The van der Waals surface area contributed by atoms with Gasteiger partial charge in [0.1, 0.15) is 0 Å². The highest BCUT2D eigenvalue weighted by Crippen LogP contribution is 2.52. The van der Waals surface area contributed by atoms with E-state index in [1.165, 1.54) is 32.5 Å². The second kappa shape index (κ2) is 3.00. The van der Waals surface area contributed by atoms with E-state index < -0.39 is 0 Å². The average molecular weight is 169 g/mol. The van der Waals surface area contributed by atoms with Crippen molar-refractivity contribution in [1.29, 1.82) is 0 Å². The van der Waals surface area contributed by atoms with Crippen LogP contribution in [0.5, 0.6) is 0 Å². The van der Waals surface area contributed by atoms with Crippen LogP contribution < -0.4 is 0 Å². The molecular weight excluding hydrogens is 150 g/mol. The van der Waals surface area contributed by atoms with Gasteiger partial charge in [0.25, 0.3) is 0 Å². The Morgan fingerprint density at radius 2 is 2.08 bits per heavy atom. The molecular formula is C10H19NO. The van der Waals surface area contributed by atoms with Crippen molar-refractivity contribution in [3.8, 4) is 0 Å². The fourth-order valence-corrected chi connectivity index (χ4v) is 2.16. The zero-order chi connectivity index (χ0) is 8.60. The molecule has 0 aromatic carbocycles. The fraction of sp³-hybridized carbons (Fsp3) is 1.00. The van der Waals surface area contributed by atoms with E-state index in [9.17, 15) is 0 Å². The molecule has 1 saturated carbocycles. The summed E-state index contributed by atoms with van der Waals surface area (Å²) >= 11 is 0. The zero-order valence-electron chi connectivity index (χ0n) is 7.92. The van der Waals surface area contributed by atoms with Gasteiger partial charge in [0, 0.05) is 13.1 Å². The Morgan fingerprint density at radius 1 is 1.42 bits per heavy atom. The summed E-state index contributed by atoms with van der Waals surface area (Å²) in [5, 5.41) is 9.05. The molecule has 2 fully saturated rings. The largest absolute Gasteiger partial charge is 0.393 e. The minimum Gasteiger partial charge on any atom is -0.393 e. The molecule has 12 heavy (non-hydrogen) atoms. The van der Waals surface area contributed by atoms with E-state index in [1.807, 2.05) is 6.92 Å². The number of likely N-dealkylation sites (tertiary alicyclic amines) is 1. The van der Waals surface area contributed by atoms with E-state index in [4.69, 9.17) is 5.11 Å². The average Bonchev–Trinajstić information content (AvgIpc) is 2.64. The lowest BCUT2D eigenvalue weighted by Gasteiger charge is -2.40. The van der Waals surface area contributed by atoms with Crippen molar-refractivity contribution >= 4 is 0 Å². The van der Waals surface area contributed by atoms with Gasteiger partial charge in [-0.25, -0.2) is 0 Å². The Labute approximate surface area is 74.6 Å². The Hall–Kier alpha value is -0.0800. The van der Waals surface area contributed by atoms with Crippen LogP contribution in [0, 0.1) is 5.41 Å². The van der Waals surface area contributed by atoms with Gasteiger partial charge in [-0.05, 0) is 44.6 Å². The minimum atomic E-state index is -0.110. The number of hydrogen-bond acceptors (Lipinski definition) is 2. The van der Waals surface area contributed by atoms with E-state index in [-0.39, 0.29) is 6.10 Å². The smallest absolute Gasteiger partial charge is 0.0512 e. The maximum Gasteiger partial charge on any atom is 0.0512 e. The lowest BCUT2D eigenvalue weighted by atomic mass is 9.96. The highest BCUT2D eigenvalue weighted by molar-refractivity contribution is 5.04. The summed E-state index contributed by atoms with van der Waals surface area (Å²) in [4.78, 5) is 2.52. The van der Waals surface area contributed by atoms with Gasteiger partial charge >= 0.3 is 0 Å². The molecule has 2 heteroatoms. The second-order valence-corrected chi connectivity index (χ2v) is 4.70. The molecule has 1 N–H and O–H groups in total. The SMILES string of the molecule is CC(O)CCCN1CC2(CC2)C1. The van der Waals surface area contributed by atoms with Crippen molar-refractivity contribution < 1.29 is 5.11 Å². The topological polar surface area (TPSA) is 23.5 Å². The molecule has 1 aliphatic heterocycles. The molecule has 0 amide bonds. The molecule has 1 spiro atoms. The molecule has 1 atom stereocenters. The monoisotopic (exact) mass is 169 g/mol. The lowest BCUT2D eigenvalue weighted by Crippen LogP contribution is -2.48. The number of nitrogens with zero attached hydrogens (tertiary/aromatic N) is 1. The Bertz CT molecular complexity index is 155. The van der Waals surface area contributed by atoms with Crippen molar-refractivity contribution in [2.75, 3.05) is 19.6 Å². The van der Waals surface area contributed by atoms with Gasteiger partial charge in [0.2, 0.25) is 0 Å². The first kappa shape index (κ1) is 8.52. The molecule has 2 rings (SSSR count). The van der Waals surface area contributed by atoms with Crippen LogP contribution in [0.2, 0.25) is 0 Å². The van der Waals surface area contributed by atoms with Crippen molar-refractivity contribution in [2.45, 2.75) is 38.7 Å². The first-order valence-corrected chi connectivity index (χ1v) is 5.11. The molecule has 2 nitrogen and oxygen atoms in total. The van der Waals surface area contributed by atoms with Crippen LogP contribution in [0.25, 0.3) is 0 Å². The summed E-state index contributed by atoms with van der Waals surface area (Å²) in [6.45, 7) is 5.75. The Balaban J connectivity index is 1.52. The third-order valence-electron chi connectivity index (χ3n) is 3.17. The van der Waals surface area contributed by atoms with Crippen molar-refractivity contribution in [3.63, 3.8) is 0 Å². The van der Waals surface area contributed by atoms with E-state index in [0.29, 0.717) is 0 Å². The molecule has 70 valence electrons. The standard InChI is InChI=1S/C10H19NO/c1-9(12)3-2-6-11-7-10(8-11)4-5-10/h9,12H,2-8H2,1H3. The molecule has 1 unspecified atom stereocenters. The molecule has 1 aliphatic carbocycles. The Morgan fingerprint density at radius 3 is 2.58 bits per heavy atom.